The molecule has 110 valence electrons. The summed E-state index contributed by atoms with van der Waals surface area (Å²) in [7, 11) is 0. The van der Waals surface area contributed by atoms with Crippen molar-refractivity contribution in [2.24, 2.45) is 0 Å². The maximum absolute atomic E-state index is 12.7. The van der Waals surface area contributed by atoms with Crippen LogP contribution in [0.3, 0.4) is 0 Å². The smallest absolute Gasteiger partial charge is 0.281 e. The lowest BCUT2D eigenvalue weighted by molar-refractivity contribution is -0.113. The predicted molar refractivity (Wildman–Crippen MR) is 91.3 cm³/mol. The van der Waals surface area contributed by atoms with Gasteiger partial charge < -0.3 is 5.32 Å². The molecule has 0 aliphatic carbocycles. The molecule has 1 aliphatic rings. The summed E-state index contributed by atoms with van der Waals surface area (Å²) in [6, 6.07) is 11.5. The second kappa shape index (κ2) is 6.07. The highest BCUT2D eigenvalue weighted by Crippen LogP contribution is 2.26. The molecule has 0 unspecified atom stereocenters. The molecule has 0 bridgehead atoms. The molecule has 1 saturated heterocycles. The molecule has 5 heteroatoms. The predicted octanol–water partition coefficient (Wildman–Crippen LogP) is 2.91. The Bertz CT molecular complexity index is 756. The number of carbonyl (C=O) groups excluding carboxylic acids is 1. The second-order valence-corrected chi connectivity index (χ2v) is 5.28. The van der Waals surface area contributed by atoms with E-state index in [9.17, 15) is 4.79 Å². The van der Waals surface area contributed by atoms with Gasteiger partial charge in [0.05, 0.1) is 5.69 Å². The SMILES string of the molecule is CCc1ccccc1N1C(=O)/C(=C\c2ccncc2)NC1=S. The van der Waals surface area contributed by atoms with Crippen LogP contribution in [0.2, 0.25) is 0 Å². The molecule has 0 radical (unpaired) electrons. The van der Waals surface area contributed by atoms with Crippen molar-refractivity contribution in [3.05, 3.63) is 65.6 Å². The first-order valence-corrected chi connectivity index (χ1v) is 7.46. The largest absolute Gasteiger partial charge is 0.327 e. The van der Waals surface area contributed by atoms with Gasteiger partial charge >= 0.3 is 0 Å². The summed E-state index contributed by atoms with van der Waals surface area (Å²) in [5.74, 6) is -0.136. The first-order chi connectivity index (χ1) is 10.7. The van der Waals surface area contributed by atoms with Gasteiger partial charge in [-0.3, -0.25) is 14.7 Å². The van der Waals surface area contributed by atoms with Crippen LogP contribution in [-0.4, -0.2) is 16.0 Å². The fourth-order valence-electron chi connectivity index (χ4n) is 2.41. The van der Waals surface area contributed by atoms with Crippen LogP contribution in [0.15, 0.2) is 54.5 Å². The average Bonchev–Trinajstić information content (AvgIpc) is 2.82. The maximum Gasteiger partial charge on any atom is 0.281 e. The lowest BCUT2D eigenvalue weighted by Crippen LogP contribution is -2.31. The molecule has 1 N–H and O–H groups in total. The number of rotatable bonds is 3. The zero-order valence-electron chi connectivity index (χ0n) is 12.1. The highest BCUT2D eigenvalue weighted by molar-refractivity contribution is 7.80. The van der Waals surface area contributed by atoms with Crippen LogP contribution in [0, 0.1) is 0 Å². The molecular weight excluding hydrogens is 294 g/mol. The Morgan fingerprint density at radius 1 is 1.23 bits per heavy atom. The standard InChI is InChI=1S/C17H15N3OS/c1-2-13-5-3-4-6-15(13)20-16(21)14(19-17(20)22)11-12-7-9-18-10-8-12/h3-11H,2H2,1H3,(H,19,22)/b14-11+. The number of hydrogen-bond acceptors (Lipinski definition) is 3. The quantitative estimate of drug-likeness (QED) is 0.699. The molecule has 1 fully saturated rings. The van der Waals surface area contributed by atoms with Gasteiger partial charge in [0, 0.05) is 12.4 Å². The van der Waals surface area contributed by atoms with E-state index < -0.39 is 0 Å². The van der Waals surface area contributed by atoms with Crippen molar-refractivity contribution in [2.45, 2.75) is 13.3 Å². The Morgan fingerprint density at radius 2 is 1.95 bits per heavy atom. The van der Waals surface area contributed by atoms with E-state index in [4.69, 9.17) is 12.2 Å². The summed E-state index contributed by atoms with van der Waals surface area (Å²) in [6.07, 6.45) is 6.00. The van der Waals surface area contributed by atoms with E-state index in [0.29, 0.717) is 10.8 Å². The van der Waals surface area contributed by atoms with Gasteiger partial charge in [0.25, 0.3) is 5.91 Å². The van der Waals surface area contributed by atoms with Gasteiger partial charge in [0.15, 0.2) is 5.11 Å². The Morgan fingerprint density at radius 3 is 2.68 bits per heavy atom. The van der Waals surface area contributed by atoms with Crippen molar-refractivity contribution in [2.75, 3.05) is 4.90 Å². The van der Waals surface area contributed by atoms with E-state index in [1.54, 1.807) is 23.4 Å². The number of aromatic nitrogens is 1. The zero-order valence-corrected chi connectivity index (χ0v) is 12.9. The molecule has 0 spiro atoms. The van der Waals surface area contributed by atoms with Crippen molar-refractivity contribution < 1.29 is 4.79 Å². The number of carbonyl (C=O) groups is 1. The lowest BCUT2D eigenvalue weighted by atomic mass is 10.1. The number of nitrogens with zero attached hydrogens (tertiary/aromatic N) is 2. The molecule has 1 amide bonds. The summed E-state index contributed by atoms with van der Waals surface area (Å²) >= 11 is 5.34. The van der Waals surface area contributed by atoms with Crippen molar-refractivity contribution in [1.82, 2.24) is 10.3 Å². The molecule has 1 aliphatic heterocycles. The van der Waals surface area contributed by atoms with E-state index in [2.05, 4.69) is 17.2 Å². The molecule has 4 nitrogen and oxygen atoms in total. The van der Waals surface area contributed by atoms with Crippen LogP contribution >= 0.6 is 12.2 Å². The van der Waals surface area contributed by atoms with E-state index in [0.717, 1.165) is 23.2 Å². The van der Waals surface area contributed by atoms with Crippen molar-refractivity contribution >= 4 is 35.0 Å². The molecule has 3 rings (SSSR count). The number of pyridine rings is 1. The highest BCUT2D eigenvalue weighted by Gasteiger charge is 2.32. The zero-order chi connectivity index (χ0) is 15.5. The minimum atomic E-state index is -0.136. The minimum absolute atomic E-state index is 0.136. The van der Waals surface area contributed by atoms with Crippen LogP contribution in [0.25, 0.3) is 6.08 Å². The monoisotopic (exact) mass is 309 g/mol. The maximum atomic E-state index is 12.7. The van der Waals surface area contributed by atoms with Gasteiger partial charge in [-0.2, -0.15) is 0 Å². The van der Waals surface area contributed by atoms with E-state index in [1.807, 2.05) is 36.4 Å². The molecule has 1 aromatic carbocycles. The summed E-state index contributed by atoms with van der Waals surface area (Å²) < 4.78 is 0. The van der Waals surface area contributed by atoms with Gasteiger partial charge in [0.1, 0.15) is 5.70 Å². The van der Waals surface area contributed by atoms with Crippen molar-refractivity contribution in [1.29, 1.82) is 0 Å². The summed E-state index contributed by atoms with van der Waals surface area (Å²) in [4.78, 5) is 18.2. The first-order valence-electron chi connectivity index (χ1n) is 7.05. The fraction of sp³-hybridized carbons (Fsp3) is 0.118. The molecular formula is C17H15N3OS. The van der Waals surface area contributed by atoms with Crippen LogP contribution in [0.5, 0.6) is 0 Å². The van der Waals surface area contributed by atoms with Crippen LogP contribution in [0.4, 0.5) is 5.69 Å². The Labute approximate surface area is 134 Å². The van der Waals surface area contributed by atoms with E-state index in [-0.39, 0.29) is 5.91 Å². The van der Waals surface area contributed by atoms with Gasteiger partial charge in [-0.25, -0.2) is 0 Å². The van der Waals surface area contributed by atoms with Gasteiger partial charge in [0.2, 0.25) is 0 Å². The summed E-state index contributed by atoms with van der Waals surface area (Å²) in [6.45, 7) is 2.06. The molecule has 1 aromatic heterocycles. The molecule has 2 heterocycles. The van der Waals surface area contributed by atoms with Crippen LogP contribution in [-0.2, 0) is 11.2 Å². The number of para-hydroxylation sites is 1. The second-order valence-electron chi connectivity index (χ2n) is 4.89. The van der Waals surface area contributed by atoms with Crippen molar-refractivity contribution in [3.63, 3.8) is 0 Å². The highest BCUT2D eigenvalue weighted by atomic mass is 32.1. The Kier molecular flexibility index (Phi) is 3.98. The van der Waals surface area contributed by atoms with E-state index >= 15 is 0 Å². The first kappa shape index (κ1) is 14.4. The number of anilines is 1. The van der Waals surface area contributed by atoms with Crippen LogP contribution < -0.4 is 10.2 Å². The fourth-order valence-corrected chi connectivity index (χ4v) is 2.70. The lowest BCUT2D eigenvalue weighted by Gasteiger charge is -2.17. The number of hydrogen-bond donors (Lipinski definition) is 1. The Hall–Kier alpha value is -2.53. The third kappa shape index (κ3) is 2.63. The number of thiocarbonyl (C=S) groups is 1. The topological polar surface area (TPSA) is 45.2 Å². The number of aryl methyl sites for hydroxylation is 1. The number of benzene rings is 1. The third-order valence-corrected chi connectivity index (χ3v) is 3.79. The number of nitrogens with one attached hydrogen (secondary N) is 1. The van der Waals surface area contributed by atoms with Gasteiger partial charge in [-0.1, -0.05) is 25.1 Å². The normalized spacial score (nSPS) is 16.2. The molecule has 2 aromatic rings. The minimum Gasteiger partial charge on any atom is -0.327 e. The van der Waals surface area contributed by atoms with Gasteiger partial charge in [-0.15, -0.1) is 0 Å². The third-order valence-electron chi connectivity index (χ3n) is 3.51. The molecule has 22 heavy (non-hydrogen) atoms. The molecule has 0 saturated carbocycles. The average molecular weight is 309 g/mol. The van der Waals surface area contributed by atoms with Crippen LogP contribution in [0.1, 0.15) is 18.1 Å². The van der Waals surface area contributed by atoms with Crippen molar-refractivity contribution in [3.8, 4) is 0 Å². The number of amides is 1. The Balaban J connectivity index is 1.97. The summed E-state index contributed by atoms with van der Waals surface area (Å²) in [5.41, 5.74) is 3.30. The van der Waals surface area contributed by atoms with Gasteiger partial charge in [-0.05, 0) is 54.0 Å². The molecule has 0 atom stereocenters. The van der Waals surface area contributed by atoms with E-state index in [1.165, 1.54) is 0 Å². The summed E-state index contributed by atoms with van der Waals surface area (Å²) in [5, 5.41) is 3.41.